The van der Waals surface area contributed by atoms with E-state index in [-0.39, 0.29) is 5.75 Å². The van der Waals surface area contributed by atoms with Crippen LogP contribution in [0.1, 0.15) is 12.8 Å². The Bertz CT molecular complexity index is 353. The Morgan fingerprint density at radius 1 is 1.50 bits per heavy atom. The van der Waals surface area contributed by atoms with Crippen LogP contribution < -0.4 is 10.1 Å². The van der Waals surface area contributed by atoms with Crippen molar-refractivity contribution in [3.05, 3.63) is 29.0 Å². The number of hydrogen-bond donors (Lipinski definition) is 1. The lowest BCUT2D eigenvalue weighted by atomic mass is 10.0. The zero-order valence-electron chi connectivity index (χ0n) is 9.01. The quantitative estimate of drug-likeness (QED) is 0.882. The molecule has 1 heterocycles. The predicted octanol–water partition coefficient (Wildman–Crippen LogP) is 2.86. The SMILES string of the molecule is Fc1cc(Cl)ccc1OC[C@H]1CCCNC1. The lowest BCUT2D eigenvalue weighted by Gasteiger charge is -2.22. The van der Waals surface area contributed by atoms with Crippen molar-refractivity contribution < 1.29 is 9.13 Å². The van der Waals surface area contributed by atoms with Gasteiger partial charge in [0.1, 0.15) is 0 Å². The van der Waals surface area contributed by atoms with Crippen molar-refractivity contribution in [3.63, 3.8) is 0 Å². The van der Waals surface area contributed by atoms with Crippen molar-refractivity contribution in [1.29, 1.82) is 0 Å². The number of halogens is 2. The molecule has 0 unspecified atom stereocenters. The molecule has 1 aromatic carbocycles. The minimum Gasteiger partial charge on any atom is -0.490 e. The molecule has 2 nitrogen and oxygen atoms in total. The number of hydrogen-bond acceptors (Lipinski definition) is 2. The first-order valence-electron chi connectivity index (χ1n) is 5.54. The highest BCUT2D eigenvalue weighted by Gasteiger charge is 2.14. The molecule has 0 aromatic heterocycles. The summed E-state index contributed by atoms with van der Waals surface area (Å²) in [6, 6.07) is 4.49. The normalized spacial score (nSPS) is 20.8. The van der Waals surface area contributed by atoms with Gasteiger partial charge in [0.25, 0.3) is 0 Å². The second-order valence-electron chi connectivity index (χ2n) is 4.10. The highest BCUT2D eigenvalue weighted by atomic mass is 35.5. The standard InChI is InChI=1S/C12H15ClFNO/c13-10-3-4-12(11(14)6-10)16-8-9-2-1-5-15-7-9/h3-4,6,9,15H,1-2,5,7-8H2/t9-/m0/s1. The Hall–Kier alpha value is -0.800. The van der Waals surface area contributed by atoms with Gasteiger partial charge in [-0.05, 0) is 37.6 Å². The summed E-state index contributed by atoms with van der Waals surface area (Å²) in [6.07, 6.45) is 2.30. The molecule has 1 fully saturated rings. The predicted molar refractivity (Wildman–Crippen MR) is 62.5 cm³/mol. The highest BCUT2D eigenvalue weighted by Crippen LogP contribution is 2.22. The van der Waals surface area contributed by atoms with Crippen LogP contribution in [0.25, 0.3) is 0 Å². The van der Waals surface area contributed by atoms with E-state index in [0.29, 0.717) is 17.5 Å². The smallest absolute Gasteiger partial charge is 0.166 e. The summed E-state index contributed by atoms with van der Waals surface area (Å²) in [4.78, 5) is 0. The molecule has 4 heteroatoms. The molecule has 1 aromatic rings. The van der Waals surface area contributed by atoms with E-state index < -0.39 is 5.82 Å². The summed E-state index contributed by atoms with van der Waals surface area (Å²) in [7, 11) is 0. The van der Waals surface area contributed by atoms with Gasteiger partial charge in [0, 0.05) is 17.5 Å². The van der Waals surface area contributed by atoms with E-state index in [0.717, 1.165) is 25.9 Å². The summed E-state index contributed by atoms with van der Waals surface area (Å²) in [6.45, 7) is 2.59. The topological polar surface area (TPSA) is 21.3 Å². The van der Waals surface area contributed by atoms with Crippen molar-refractivity contribution in [1.82, 2.24) is 5.32 Å². The Morgan fingerprint density at radius 2 is 2.38 bits per heavy atom. The molecule has 0 spiro atoms. The molecule has 88 valence electrons. The second-order valence-corrected chi connectivity index (χ2v) is 4.53. The van der Waals surface area contributed by atoms with E-state index in [1.54, 1.807) is 12.1 Å². The molecular weight excluding hydrogens is 229 g/mol. The fraction of sp³-hybridized carbons (Fsp3) is 0.500. The van der Waals surface area contributed by atoms with Crippen LogP contribution in [-0.4, -0.2) is 19.7 Å². The maximum Gasteiger partial charge on any atom is 0.166 e. The van der Waals surface area contributed by atoms with Crippen LogP contribution in [0.15, 0.2) is 18.2 Å². The number of benzene rings is 1. The van der Waals surface area contributed by atoms with Crippen molar-refractivity contribution >= 4 is 11.6 Å². The zero-order chi connectivity index (χ0) is 11.4. The van der Waals surface area contributed by atoms with Crippen LogP contribution in [-0.2, 0) is 0 Å². The van der Waals surface area contributed by atoms with E-state index in [4.69, 9.17) is 16.3 Å². The molecule has 1 aliphatic rings. The molecule has 0 saturated carbocycles. The van der Waals surface area contributed by atoms with Gasteiger partial charge in [-0.15, -0.1) is 0 Å². The molecule has 16 heavy (non-hydrogen) atoms. The molecule has 1 aliphatic heterocycles. The monoisotopic (exact) mass is 243 g/mol. The molecule has 1 N–H and O–H groups in total. The van der Waals surface area contributed by atoms with E-state index >= 15 is 0 Å². The van der Waals surface area contributed by atoms with E-state index in [9.17, 15) is 4.39 Å². The molecule has 1 saturated heterocycles. The fourth-order valence-corrected chi connectivity index (χ4v) is 2.02. The molecule has 0 bridgehead atoms. The summed E-state index contributed by atoms with van der Waals surface area (Å²) in [5, 5.41) is 3.69. The molecule has 1 atom stereocenters. The average Bonchev–Trinajstić information content (AvgIpc) is 2.29. The molecule has 2 rings (SSSR count). The van der Waals surface area contributed by atoms with Crippen molar-refractivity contribution in [2.45, 2.75) is 12.8 Å². The maximum absolute atomic E-state index is 13.4. The minimum atomic E-state index is -0.392. The van der Waals surface area contributed by atoms with E-state index in [1.807, 2.05) is 0 Å². The Labute approximate surface area is 99.7 Å². The Morgan fingerprint density at radius 3 is 3.06 bits per heavy atom. The van der Waals surface area contributed by atoms with Gasteiger partial charge in [-0.1, -0.05) is 11.6 Å². The van der Waals surface area contributed by atoms with Crippen LogP contribution in [0.5, 0.6) is 5.75 Å². The maximum atomic E-state index is 13.4. The molecule has 0 amide bonds. The third kappa shape index (κ3) is 3.09. The number of piperidine rings is 1. The molecular formula is C12H15ClFNO. The molecule has 0 radical (unpaired) electrons. The average molecular weight is 244 g/mol. The van der Waals surface area contributed by atoms with Crippen LogP contribution >= 0.6 is 11.6 Å². The second kappa shape index (κ2) is 5.51. The van der Waals surface area contributed by atoms with E-state index in [1.165, 1.54) is 6.07 Å². The lowest BCUT2D eigenvalue weighted by molar-refractivity contribution is 0.211. The van der Waals surface area contributed by atoms with Crippen molar-refractivity contribution in [3.8, 4) is 5.75 Å². The zero-order valence-corrected chi connectivity index (χ0v) is 9.77. The first kappa shape index (κ1) is 11.7. The summed E-state index contributed by atoms with van der Waals surface area (Å²) >= 11 is 5.66. The largest absolute Gasteiger partial charge is 0.490 e. The number of ether oxygens (including phenoxy) is 1. The van der Waals surface area contributed by atoms with Crippen LogP contribution in [0.4, 0.5) is 4.39 Å². The van der Waals surface area contributed by atoms with Gasteiger partial charge in [-0.3, -0.25) is 0 Å². The summed E-state index contributed by atoms with van der Waals surface area (Å²) in [5.74, 6) is 0.370. The Kier molecular flexibility index (Phi) is 4.02. The van der Waals surface area contributed by atoms with Crippen LogP contribution in [0.2, 0.25) is 5.02 Å². The van der Waals surface area contributed by atoms with Crippen molar-refractivity contribution in [2.75, 3.05) is 19.7 Å². The Balaban J connectivity index is 1.88. The first-order valence-corrected chi connectivity index (χ1v) is 5.92. The van der Waals surface area contributed by atoms with E-state index in [2.05, 4.69) is 5.32 Å². The number of rotatable bonds is 3. The summed E-state index contributed by atoms with van der Waals surface area (Å²) < 4.78 is 18.8. The lowest BCUT2D eigenvalue weighted by Crippen LogP contribution is -2.33. The van der Waals surface area contributed by atoms with Gasteiger partial charge >= 0.3 is 0 Å². The van der Waals surface area contributed by atoms with Gasteiger partial charge in [0.05, 0.1) is 6.61 Å². The minimum absolute atomic E-state index is 0.287. The van der Waals surface area contributed by atoms with Gasteiger partial charge in [0.15, 0.2) is 11.6 Å². The fourth-order valence-electron chi connectivity index (χ4n) is 1.87. The number of nitrogens with one attached hydrogen (secondary N) is 1. The molecule has 0 aliphatic carbocycles. The van der Waals surface area contributed by atoms with Gasteiger partial charge in [-0.2, -0.15) is 0 Å². The van der Waals surface area contributed by atoms with Gasteiger partial charge < -0.3 is 10.1 Å². The summed E-state index contributed by atoms with van der Waals surface area (Å²) in [5.41, 5.74) is 0. The van der Waals surface area contributed by atoms with Crippen LogP contribution in [0, 0.1) is 11.7 Å². The van der Waals surface area contributed by atoms with Gasteiger partial charge in [0.2, 0.25) is 0 Å². The highest BCUT2D eigenvalue weighted by molar-refractivity contribution is 6.30. The van der Waals surface area contributed by atoms with Gasteiger partial charge in [-0.25, -0.2) is 4.39 Å². The third-order valence-corrected chi connectivity index (χ3v) is 3.00. The first-order chi connectivity index (χ1) is 7.75. The van der Waals surface area contributed by atoms with Crippen molar-refractivity contribution in [2.24, 2.45) is 5.92 Å². The van der Waals surface area contributed by atoms with Crippen LogP contribution in [0.3, 0.4) is 0 Å². The third-order valence-electron chi connectivity index (χ3n) is 2.77.